The number of carbonyl (C=O) groups is 1. The van der Waals surface area contributed by atoms with Gasteiger partial charge in [-0.1, -0.05) is 0 Å². The van der Waals surface area contributed by atoms with Gasteiger partial charge in [0, 0.05) is 20.1 Å². The maximum Gasteiger partial charge on any atom is 0.335 e. The number of piperidine rings is 1. The highest BCUT2D eigenvalue weighted by molar-refractivity contribution is 5.93. The van der Waals surface area contributed by atoms with E-state index in [0.717, 1.165) is 25.9 Å². The third-order valence-electron chi connectivity index (χ3n) is 3.94. The van der Waals surface area contributed by atoms with E-state index < -0.39 is 5.97 Å². The van der Waals surface area contributed by atoms with E-state index >= 15 is 0 Å². The number of aromatic nitrogens is 2. The van der Waals surface area contributed by atoms with Crippen LogP contribution in [-0.2, 0) is 7.05 Å². The average Bonchev–Trinajstić information content (AvgIpc) is 2.51. The van der Waals surface area contributed by atoms with Crippen LogP contribution < -0.4 is 10.5 Å². The Balaban J connectivity index is 2.18. The maximum absolute atomic E-state index is 12.4. The van der Waals surface area contributed by atoms with Crippen molar-refractivity contribution in [2.45, 2.75) is 19.3 Å². The molecule has 6 nitrogen and oxygen atoms in total. The molecule has 1 saturated heterocycles. The molecule has 0 unspecified atom stereocenters. The molecule has 2 aromatic rings. The van der Waals surface area contributed by atoms with Crippen molar-refractivity contribution < 1.29 is 9.90 Å². The van der Waals surface area contributed by atoms with Crippen LogP contribution in [0.5, 0.6) is 0 Å². The molecule has 0 amide bonds. The number of benzene rings is 1. The van der Waals surface area contributed by atoms with Gasteiger partial charge in [-0.2, -0.15) is 0 Å². The molecule has 0 atom stereocenters. The predicted molar refractivity (Wildman–Crippen MR) is 80.0 cm³/mol. The van der Waals surface area contributed by atoms with Crippen molar-refractivity contribution in [3.63, 3.8) is 0 Å². The molecule has 0 saturated carbocycles. The Labute approximate surface area is 121 Å². The van der Waals surface area contributed by atoms with Crippen molar-refractivity contribution in [3.05, 3.63) is 34.1 Å². The number of carboxylic acid groups (broad SMARTS) is 1. The largest absolute Gasteiger partial charge is 0.478 e. The molecule has 1 aromatic heterocycles. The number of nitrogens with zero attached hydrogens (tertiary/aromatic N) is 3. The first-order valence-electron chi connectivity index (χ1n) is 7.07. The number of hydrogen-bond acceptors (Lipinski definition) is 4. The van der Waals surface area contributed by atoms with Crippen LogP contribution in [0.4, 0.5) is 5.95 Å². The minimum absolute atomic E-state index is 0.141. The van der Waals surface area contributed by atoms with Gasteiger partial charge in [-0.25, -0.2) is 9.78 Å². The molecule has 3 rings (SSSR count). The topological polar surface area (TPSA) is 75.4 Å². The second kappa shape index (κ2) is 5.20. The summed E-state index contributed by atoms with van der Waals surface area (Å²) >= 11 is 0. The Bertz CT molecular complexity index is 761. The number of hydrogen-bond donors (Lipinski definition) is 1. The average molecular weight is 287 g/mol. The molecular weight excluding hydrogens is 270 g/mol. The first-order valence-corrected chi connectivity index (χ1v) is 7.07. The zero-order chi connectivity index (χ0) is 15.0. The fourth-order valence-corrected chi connectivity index (χ4v) is 2.77. The SMILES string of the molecule is Cn1c(N2CCCCC2)nc2cc(C(=O)O)ccc2c1=O. The van der Waals surface area contributed by atoms with Gasteiger partial charge in [0.2, 0.25) is 5.95 Å². The molecule has 1 aliphatic rings. The van der Waals surface area contributed by atoms with E-state index in [0.29, 0.717) is 16.9 Å². The van der Waals surface area contributed by atoms with Crippen LogP contribution in [0.1, 0.15) is 29.6 Å². The molecule has 0 aliphatic carbocycles. The van der Waals surface area contributed by atoms with Gasteiger partial charge in [0.1, 0.15) is 0 Å². The molecule has 0 radical (unpaired) electrons. The quantitative estimate of drug-likeness (QED) is 0.908. The van der Waals surface area contributed by atoms with Crippen molar-refractivity contribution in [1.29, 1.82) is 0 Å². The summed E-state index contributed by atoms with van der Waals surface area (Å²) in [5.41, 5.74) is 0.448. The second-order valence-electron chi connectivity index (χ2n) is 5.36. The fourth-order valence-electron chi connectivity index (χ4n) is 2.77. The molecule has 0 bridgehead atoms. The summed E-state index contributed by atoms with van der Waals surface area (Å²) in [6.07, 6.45) is 3.37. The Kier molecular flexibility index (Phi) is 3.37. The second-order valence-corrected chi connectivity index (χ2v) is 5.36. The van der Waals surface area contributed by atoms with E-state index in [1.807, 2.05) is 0 Å². The van der Waals surface area contributed by atoms with Crippen LogP contribution >= 0.6 is 0 Å². The predicted octanol–water partition coefficient (Wildman–Crippen LogP) is 1.62. The normalized spacial score (nSPS) is 15.4. The van der Waals surface area contributed by atoms with Crippen LogP contribution in [0.2, 0.25) is 0 Å². The Morgan fingerprint density at radius 2 is 1.95 bits per heavy atom. The molecular formula is C15H17N3O3. The first kappa shape index (κ1) is 13.6. The monoisotopic (exact) mass is 287 g/mol. The Hall–Kier alpha value is -2.37. The lowest BCUT2D eigenvalue weighted by molar-refractivity contribution is 0.0697. The molecule has 1 fully saturated rings. The fraction of sp³-hybridized carbons (Fsp3) is 0.400. The van der Waals surface area contributed by atoms with Crippen molar-refractivity contribution in [2.75, 3.05) is 18.0 Å². The summed E-state index contributed by atoms with van der Waals surface area (Å²) < 4.78 is 1.55. The molecule has 2 heterocycles. The van der Waals surface area contributed by atoms with Crippen LogP contribution in [-0.4, -0.2) is 33.7 Å². The van der Waals surface area contributed by atoms with Crippen LogP contribution in [0.15, 0.2) is 23.0 Å². The lowest BCUT2D eigenvalue weighted by Gasteiger charge is -2.29. The van der Waals surface area contributed by atoms with Gasteiger partial charge in [0.15, 0.2) is 0 Å². The van der Waals surface area contributed by atoms with E-state index in [1.165, 1.54) is 24.6 Å². The molecule has 21 heavy (non-hydrogen) atoms. The zero-order valence-corrected chi connectivity index (χ0v) is 11.9. The van der Waals surface area contributed by atoms with Gasteiger partial charge in [-0.3, -0.25) is 9.36 Å². The number of aromatic carboxylic acids is 1. The minimum Gasteiger partial charge on any atom is -0.478 e. The third-order valence-corrected chi connectivity index (χ3v) is 3.94. The molecule has 0 spiro atoms. The standard InChI is InChI=1S/C15H17N3O3/c1-17-13(19)11-6-5-10(14(20)21)9-12(11)16-15(17)18-7-3-2-4-8-18/h5-6,9H,2-4,7-8H2,1H3,(H,20,21). The smallest absolute Gasteiger partial charge is 0.335 e. The summed E-state index contributed by atoms with van der Waals surface area (Å²) in [6, 6.07) is 4.44. The van der Waals surface area contributed by atoms with Crippen molar-refractivity contribution in [1.82, 2.24) is 9.55 Å². The summed E-state index contributed by atoms with van der Waals surface area (Å²) in [7, 11) is 1.71. The van der Waals surface area contributed by atoms with E-state index in [1.54, 1.807) is 11.6 Å². The molecule has 1 N–H and O–H groups in total. The zero-order valence-electron chi connectivity index (χ0n) is 11.9. The maximum atomic E-state index is 12.4. The summed E-state index contributed by atoms with van der Waals surface area (Å²) in [5, 5.41) is 9.51. The molecule has 1 aromatic carbocycles. The van der Waals surface area contributed by atoms with E-state index in [-0.39, 0.29) is 11.1 Å². The van der Waals surface area contributed by atoms with Crippen LogP contribution in [0, 0.1) is 0 Å². The molecule has 110 valence electrons. The van der Waals surface area contributed by atoms with Gasteiger partial charge < -0.3 is 10.0 Å². The van der Waals surface area contributed by atoms with Gasteiger partial charge in [0.05, 0.1) is 16.5 Å². The minimum atomic E-state index is -1.01. The first-order chi connectivity index (χ1) is 10.1. The van der Waals surface area contributed by atoms with E-state index in [9.17, 15) is 9.59 Å². The van der Waals surface area contributed by atoms with E-state index in [2.05, 4.69) is 9.88 Å². The van der Waals surface area contributed by atoms with Crippen LogP contribution in [0.3, 0.4) is 0 Å². The van der Waals surface area contributed by atoms with Crippen molar-refractivity contribution >= 4 is 22.8 Å². The number of fused-ring (bicyclic) bond motifs is 1. The summed E-state index contributed by atoms with van der Waals surface area (Å²) in [4.78, 5) is 30.1. The van der Waals surface area contributed by atoms with Crippen molar-refractivity contribution in [3.8, 4) is 0 Å². The van der Waals surface area contributed by atoms with Gasteiger partial charge in [0.25, 0.3) is 5.56 Å². The summed E-state index contributed by atoms with van der Waals surface area (Å²) in [6.45, 7) is 1.76. The van der Waals surface area contributed by atoms with Gasteiger partial charge >= 0.3 is 5.97 Å². The highest BCUT2D eigenvalue weighted by Gasteiger charge is 2.17. The van der Waals surface area contributed by atoms with Gasteiger partial charge in [-0.05, 0) is 37.5 Å². The highest BCUT2D eigenvalue weighted by Crippen LogP contribution is 2.19. The van der Waals surface area contributed by atoms with E-state index in [4.69, 9.17) is 5.11 Å². The lowest BCUT2D eigenvalue weighted by Crippen LogP contribution is -2.35. The molecule has 6 heteroatoms. The Morgan fingerprint density at radius 3 is 2.62 bits per heavy atom. The lowest BCUT2D eigenvalue weighted by atomic mass is 10.1. The van der Waals surface area contributed by atoms with Gasteiger partial charge in [-0.15, -0.1) is 0 Å². The van der Waals surface area contributed by atoms with Crippen LogP contribution in [0.25, 0.3) is 10.9 Å². The number of anilines is 1. The van der Waals surface area contributed by atoms with Crippen molar-refractivity contribution in [2.24, 2.45) is 7.05 Å². The Morgan fingerprint density at radius 1 is 1.24 bits per heavy atom. The third kappa shape index (κ3) is 2.37. The number of carboxylic acids is 1. The summed E-state index contributed by atoms with van der Waals surface area (Å²) in [5.74, 6) is -0.395. The highest BCUT2D eigenvalue weighted by atomic mass is 16.4. The molecule has 1 aliphatic heterocycles. The number of rotatable bonds is 2.